The second-order valence-electron chi connectivity index (χ2n) is 3.22. The highest BCUT2D eigenvalue weighted by molar-refractivity contribution is 4.75. The van der Waals surface area contributed by atoms with E-state index in [1.54, 1.807) is 0 Å². The highest BCUT2D eigenvalue weighted by Gasteiger charge is 2.24. The lowest BCUT2D eigenvalue weighted by atomic mass is 10.0. The van der Waals surface area contributed by atoms with Crippen molar-refractivity contribution in [2.45, 2.75) is 39.0 Å². The van der Waals surface area contributed by atoms with Gasteiger partial charge >= 0.3 is 0 Å². The Bertz CT molecular complexity index is 101. The van der Waals surface area contributed by atoms with Crippen molar-refractivity contribution in [1.29, 1.82) is 0 Å². The molecule has 0 spiro atoms. The first-order valence-corrected chi connectivity index (χ1v) is 3.51. The van der Waals surface area contributed by atoms with E-state index in [9.17, 15) is 0 Å². The Kier molecular flexibility index (Phi) is 1.78. The Hall–Kier alpha value is -0.0800. The van der Waals surface area contributed by atoms with Gasteiger partial charge in [-0.2, -0.15) is 0 Å². The van der Waals surface area contributed by atoms with Crippen LogP contribution >= 0.6 is 0 Å². The zero-order valence-electron chi connectivity index (χ0n) is 6.40. The topological polar surface area (TPSA) is 21.3 Å². The van der Waals surface area contributed by atoms with Crippen LogP contribution < -0.4 is 5.32 Å². The predicted molar refractivity (Wildman–Crippen MR) is 37.2 cm³/mol. The molecule has 1 heterocycles. The summed E-state index contributed by atoms with van der Waals surface area (Å²) in [4.78, 5) is 0. The minimum atomic E-state index is 0.0880. The minimum absolute atomic E-state index is 0.0880. The number of nitrogens with one attached hydrogen (secondary N) is 1. The van der Waals surface area contributed by atoms with E-state index < -0.39 is 0 Å². The fraction of sp³-hybridized carbons (Fsp3) is 1.00. The Balaban J connectivity index is 2.41. The van der Waals surface area contributed by atoms with Gasteiger partial charge in [0, 0.05) is 6.54 Å². The normalized spacial score (nSPS) is 34.3. The number of hydrogen-bond donors (Lipinski definition) is 1. The van der Waals surface area contributed by atoms with Gasteiger partial charge in [-0.25, -0.2) is 0 Å². The van der Waals surface area contributed by atoms with E-state index >= 15 is 0 Å². The van der Waals surface area contributed by atoms with Gasteiger partial charge in [-0.15, -0.1) is 0 Å². The molecule has 1 aliphatic heterocycles. The van der Waals surface area contributed by atoms with E-state index in [1.165, 1.54) is 0 Å². The molecule has 1 saturated heterocycles. The summed E-state index contributed by atoms with van der Waals surface area (Å²) in [6, 6.07) is 0. The molecule has 0 aromatic heterocycles. The number of ether oxygens (including phenoxy) is 1. The number of rotatable bonds is 0. The van der Waals surface area contributed by atoms with Gasteiger partial charge in [-0.3, -0.25) is 5.32 Å². The Labute approximate surface area is 56.6 Å². The van der Waals surface area contributed by atoms with Gasteiger partial charge < -0.3 is 4.74 Å². The van der Waals surface area contributed by atoms with Crippen molar-refractivity contribution in [1.82, 2.24) is 5.32 Å². The van der Waals surface area contributed by atoms with E-state index in [1.807, 2.05) is 6.92 Å². The first-order chi connectivity index (χ1) is 4.10. The molecule has 9 heavy (non-hydrogen) atoms. The van der Waals surface area contributed by atoms with E-state index in [0.29, 0.717) is 0 Å². The lowest BCUT2D eigenvalue weighted by molar-refractivity contribution is -0.107. The highest BCUT2D eigenvalue weighted by atomic mass is 16.5. The Morgan fingerprint density at radius 1 is 1.56 bits per heavy atom. The van der Waals surface area contributed by atoms with Crippen molar-refractivity contribution in [2.75, 3.05) is 6.54 Å². The molecule has 0 bridgehead atoms. The van der Waals surface area contributed by atoms with Gasteiger partial charge in [0.2, 0.25) is 0 Å². The van der Waals surface area contributed by atoms with Crippen LogP contribution in [0.3, 0.4) is 0 Å². The molecule has 0 radical (unpaired) electrons. The molecule has 0 aromatic rings. The zero-order valence-corrected chi connectivity index (χ0v) is 6.40. The molecule has 1 rings (SSSR count). The summed E-state index contributed by atoms with van der Waals surface area (Å²) in [5.74, 6) is 0. The van der Waals surface area contributed by atoms with Crippen LogP contribution in [-0.2, 0) is 4.74 Å². The van der Waals surface area contributed by atoms with Gasteiger partial charge in [-0.05, 0) is 27.2 Å². The average molecular weight is 129 g/mol. The van der Waals surface area contributed by atoms with Crippen molar-refractivity contribution in [3.05, 3.63) is 0 Å². The van der Waals surface area contributed by atoms with Crippen LogP contribution in [0.25, 0.3) is 0 Å². The quantitative estimate of drug-likeness (QED) is 0.529. The van der Waals surface area contributed by atoms with Crippen LogP contribution in [0.1, 0.15) is 27.2 Å². The van der Waals surface area contributed by atoms with Gasteiger partial charge in [-0.1, -0.05) is 0 Å². The summed E-state index contributed by atoms with van der Waals surface area (Å²) in [7, 11) is 0. The maximum Gasteiger partial charge on any atom is 0.105 e. The summed E-state index contributed by atoms with van der Waals surface area (Å²) < 4.78 is 5.56. The largest absolute Gasteiger partial charge is 0.358 e. The van der Waals surface area contributed by atoms with Gasteiger partial charge in [0.25, 0.3) is 0 Å². The maximum atomic E-state index is 5.56. The molecule has 2 nitrogen and oxygen atoms in total. The molecule has 1 unspecified atom stereocenters. The minimum Gasteiger partial charge on any atom is -0.358 e. The maximum absolute atomic E-state index is 5.56. The number of hydrogen-bond acceptors (Lipinski definition) is 2. The van der Waals surface area contributed by atoms with Crippen molar-refractivity contribution in [3.63, 3.8) is 0 Å². The van der Waals surface area contributed by atoms with Crippen LogP contribution in [0, 0.1) is 0 Å². The second kappa shape index (κ2) is 2.27. The van der Waals surface area contributed by atoms with Crippen molar-refractivity contribution in [2.24, 2.45) is 0 Å². The van der Waals surface area contributed by atoms with Crippen molar-refractivity contribution < 1.29 is 4.74 Å². The van der Waals surface area contributed by atoms with Crippen LogP contribution in [0.4, 0.5) is 0 Å². The molecular weight excluding hydrogens is 114 g/mol. The Morgan fingerprint density at radius 3 is 2.56 bits per heavy atom. The van der Waals surface area contributed by atoms with E-state index in [-0.39, 0.29) is 11.8 Å². The Morgan fingerprint density at radius 2 is 2.22 bits per heavy atom. The third-order valence-corrected chi connectivity index (χ3v) is 1.65. The predicted octanol–water partition coefficient (Wildman–Crippen LogP) is 1.12. The molecule has 0 amide bonds. The summed E-state index contributed by atoms with van der Waals surface area (Å²) in [5.41, 5.74) is 0.0880. The van der Waals surface area contributed by atoms with E-state index in [0.717, 1.165) is 13.0 Å². The van der Waals surface area contributed by atoms with Crippen molar-refractivity contribution >= 4 is 0 Å². The molecule has 1 atom stereocenters. The lowest BCUT2D eigenvalue weighted by Gasteiger charge is -2.34. The lowest BCUT2D eigenvalue weighted by Crippen LogP contribution is -2.45. The molecule has 1 fully saturated rings. The summed E-state index contributed by atoms with van der Waals surface area (Å²) in [5, 5.41) is 3.22. The first kappa shape index (κ1) is 7.03. The SMILES string of the molecule is CC1NCCC(C)(C)O1. The molecule has 0 saturated carbocycles. The monoisotopic (exact) mass is 129 g/mol. The van der Waals surface area contributed by atoms with E-state index in [4.69, 9.17) is 4.74 Å². The molecule has 1 N–H and O–H groups in total. The molecule has 54 valence electrons. The van der Waals surface area contributed by atoms with Crippen LogP contribution in [-0.4, -0.2) is 18.4 Å². The van der Waals surface area contributed by atoms with Gasteiger partial charge in [0.05, 0.1) is 5.60 Å². The summed E-state index contributed by atoms with van der Waals surface area (Å²) >= 11 is 0. The average Bonchev–Trinajstić information content (AvgIpc) is 1.60. The fourth-order valence-electron chi connectivity index (χ4n) is 1.16. The first-order valence-electron chi connectivity index (χ1n) is 3.51. The van der Waals surface area contributed by atoms with E-state index in [2.05, 4.69) is 19.2 Å². The molecule has 2 heteroatoms. The van der Waals surface area contributed by atoms with Crippen LogP contribution in [0.5, 0.6) is 0 Å². The van der Waals surface area contributed by atoms with Crippen LogP contribution in [0.2, 0.25) is 0 Å². The third-order valence-electron chi connectivity index (χ3n) is 1.65. The third kappa shape index (κ3) is 1.95. The van der Waals surface area contributed by atoms with Crippen LogP contribution in [0.15, 0.2) is 0 Å². The second-order valence-corrected chi connectivity index (χ2v) is 3.22. The molecular formula is C7H15NO. The molecule has 0 aromatic carbocycles. The summed E-state index contributed by atoms with van der Waals surface area (Å²) in [6.07, 6.45) is 1.34. The standard InChI is InChI=1S/C7H15NO/c1-6-8-5-4-7(2,3)9-6/h6,8H,4-5H2,1-3H3. The van der Waals surface area contributed by atoms with Crippen molar-refractivity contribution in [3.8, 4) is 0 Å². The zero-order chi connectivity index (χ0) is 6.91. The highest BCUT2D eigenvalue weighted by Crippen LogP contribution is 2.18. The summed E-state index contributed by atoms with van der Waals surface area (Å²) in [6.45, 7) is 7.38. The molecule has 0 aliphatic carbocycles. The smallest absolute Gasteiger partial charge is 0.105 e. The van der Waals surface area contributed by atoms with Gasteiger partial charge in [0.15, 0.2) is 0 Å². The fourth-order valence-corrected chi connectivity index (χ4v) is 1.16. The van der Waals surface area contributed by atoms with Gasteiger partial charge in [0.1, 0.15) is 6.23 Å². The molecule has 1 aliphatic rings.